The highest BCUT2D eigenvalue weighted by Gasteiger charge is 2.16. The maximum absolute atomic E-state index is 12.2. The molecule has 0 atom stereocenters. The number of hydrogen-bond donors (Lipinski definition) is 3. The summed E-state index contributed by atoms with van der Waals surface area (Å²) in [6.45, 7) is 4.01. The van der Waals surface area contributed by atoms with E-state index in [0.29, 0.717) is 23.5 Å². The zero-order valence-electron chi connectivity index (χ0n) is 17.1. The van der Waals surface area contributed by atoms with Crippen LogP contribution in [0.2, 0.25) is 0 Å². The van der Waals surface area contributed by atoms with Crippen molar-refractivity contribution in [1.29, 1.82) is 0 Å². The summed E-state index contributed by atoms with van der Waals surface area (Å²) in [5, 5.41) is 15.2. The summed E-state index contributed by atoms with van der Waals surface area (Å²) in [6.07, 6.45) is 6.06. The van der Waals surface area contributed by atoms with Crippen molar-refractivity contribution in [3.05, 3.63) is 47.8 Å². The molecule has 160 valence electrons. The highest BCUT2D eigenvalue weighted by molar-refractivity contribution is 7.88. The van der Waals surface area contributed by atoms with Crippen LogP contribution in [0.5, 0.6) is 5.75 Å². The van der Waals surface area contributed by atoms with E-state index in [0.717, 1.165) is 23.4 Å². The summed E-state index contributed by atoms with van der Waals surface area (Å²) < 4.78 is 31.6. The molecule has 0 spiro atoms. The summed E-state index contributed by atoms with van der Waals surface area (Å²) >= 11 is 0. The first-order valence-corrected chi connectivity index (χ1v) is 11.0. The maximum atomic E-state index is 12.2. The second-order valence-corrected chi connectivity index (χ2v) is 8.43. The van der Waals surface area contributed by atoms with Crippen molar-refractivity contribution >= 4 is 33.1 Å². The second-order valence-electron chi connectivity index (χ2n) is 6.93. The van der Waals surface area contributed by atoms with E-state index in [9.17, 15) is 18.3 Å². The van der Waals surface area contributed by atoms with Gasteiger partial charge >= 0.3 is 10.2 Å². The molecule has 3 N–H and O–H groups in total. The van der Waals surface area contributed by atoms with Crippen molar-refractivity contribution in [2.45, 2.75) is 26.7 Å². The Morgan fingerprint density at radius 1 is 1.30 bits per heavy atom. The molecule has 3 rings (SSSR count). The van der Waals surface area contributed by atoms with Gasteiger partial charge < -0.3 is 9.67 Å². The van der Waals surface area contributed by atoms with Gasteiger partial charge in [-0.05, 0) is 37.6 Å². The lowest BCUT2D eigenvalue weighted by molar-refractivity contribution is -0.114. The molecule has 0 bridgehead atoms. The third-order valence-corrected chi connectivity index (χ3v) is 5.65. The molecule has 1 amide bonds. The maximum Gasteiger partial charge on any atom is 0.301 e. The number of hydrogen-bond acceptors (Lipinski definition) is 5. The molecule has 0 saturated heterocycles. The van der Waals surface area contributed by atoms with E-state index in [4.69, 9.17) is 0 Å². The van der Waals surface area contributed by atoms with E-state index in [1.54, 1.807) is 30.8 Å². The number of nitrogens with zero attached hydrogens (tertiary/aromatic N) is 3. The molecule has 9 nitrogen and oxygen atoms in total. The van der Waals surface area contributed by atoms with Crippen LogP contribution in [0.3, 0.4) is 0 Å². The molecule has 3 aromatic rings. The van der Waals surface area contributed by atoms with Crippen molar-refractivity contribution in [3.63, 3.8) is 0 Å². The van der Waals surface area contributed by atoms with E-state index < -0.39 is 16.1 Å². The molecule has 1 aromatic carbocycles. The van der Waals surface area contributed by atoms with E-state index >= 15 is 0 Å². The average molecular weight is 432 g/mol. The smallest absolute Gasteiger partial charge is 0.301 e. The van der Waals surface area contributed by atoms with Crippen molar-refractivity contribution in [3.8, 4) is 11.6 Å². The van der Waals surface area contributed by atoms with E-state index in [1.807, 2.05) is 34.5 Å². The summed E-state index contributed by atoms with van der Waals surface area (Å²) in [4.78, 5) is 12.2. The van der Waals surface area contributed by atoms with E-state index in [-0.39, 0.29) is 12.3 Å². The number of nitrogens with one attached hydrogen (secondary N) is 2. The fourth-order valence-electron chi connectivity index (χ4n) is 3.19. The van der Waals surface area contributed by atoms with Crippen LogP contribution >= 0.6 is 0 Å². The number of carbonyl (C=O) groups is 1. The molecule has 2 aromatic heterocycles. The molecular weight excluding hydrogens is 406 g/mol. The number of phenolic OH excluding ortho intramolecular Hbond substituents is 1. The van der Waals surface area contributed by atoms with Crippen LogP contribution in [-0.4, -0.2) is 40.3 Å². The first-order valence-electron chi connectivity index (χ1n) is 9.55. The Labute approximate surface area is 175 Å². The molecule has 10 heteroatoms. The molecular formula is C20H25N5O4S. The van der Waals surface area contributed by atoms with Gasteiger partial charge in [-0.1, -0.05) is 13.3 Å². The van der Waals surface area contributed by atoms with Gasteiger partial charge in [0.15, 0.2) is 0 Å². The number of amides is 1. The molecule has 2 heterocycles. The van der Waals surface area contributed by atoms with Gasteiger partial charge in [0, 0.05) is 42.9 Å². The normalized spacial score (nSPS) is 12.1. The molecule has 0 radical (unpaired) electrons. The van der Waals surface area contributed by atoms with Crippen LogP contribution in [0.1, 0.15) is 31.0 Å². The highest BCUT2D eigenvalue weighted by atomic mass is 32.2. The number of carbonyl (C=O) groups excluding carboxylic acids is 1. The summed E-state index contributed by atoms with van der Waals surface area (Å²) in [7, 11) is -2.13. The highest BCUT2D eigenvalue weighted by Crippen LogP contribution is 2.27. The Balaban J connectivity index is 1.89. The first kappa shape index (κ1) is 21.6. The third-order valence-electron chi connectivity index (χ3n) is 4.60. The molecule has 0 saturated carbocycles. The largest absolute Gasteiger partial charge is 0.508 e. The molecule has 0 fully saturated rings. The molecule has 0 aliphatic rings. The zero-order chi connectivity index (χ0) is 21.9. The number of aryl methyl sites for hydroxylation is 2. The monoisotopic (exact) mass is 431 g/mol. The Morgan fingerprint density at radius 2 is 2.07 bits per heavy atom. The SMILES string of the molecule is CCCCNS(=O)(=O)NC(=O)C=Cc1c(C)nn(C)c1-n1ccc2ccc(O)cc21. The standard InChI is InChI=1S/C20H25N5O4S/c1-4-5-11-21-30(28,29)23-19(27)9-8-17-14(2)22-24(3)20(17)25-12-10-15-6-7-16(26)13-18(15)25/h6-10,12-13,21,26H,4-5,11H2,1-3H3,(H,23,27). The number of phenols is 1. The molecule has 0 unspecified atom stereocenters. The average Bonchev–Trinajstić information content (AvgIpc) is 3.18. The fraction of sp³-hybridized carbons (Fsp3) is 0.300. The number of aromatic nitrogens is 3. The molecule has 0 aliphatic heterocycles. The lowest BCUT2D eigenvalue weighted by atomic mass is 10.2. The second kappa shape index (κ2) is 8.72. The fourth-order valence-corrected chi connectivity index (χ4v) is 4.01. The Hall–Kier alpha value is -3.11. The van der Waals surface area contributed by atoms with Gasteiger partial charge in [0.05, 0.1) is 11.2 Å². The predicted octanol–water partition coefficient (Wildman–Crippen LogP) is 2.14. The summed E-state index contributed by atoms with van der Waals surface area (Å²) in [5.41, 5.74) is 2.10. The van der Waals surface area contributed by atoms with Crippen LogP contribution < -0.4 is 9.44 Å². The zero-order valence-corrected chi connectivity index (χ0v) is 17.9. The van der Waals surface area contributed by atoms with Crippen molar-refractivity contribution in [2.75, 3.05) is 6.54 Å². The van der Waals surface area contributed by atoms with Crippen LogP contribution in [0.25, 0.3) is 22.8 Å². The third kappa shape index (κ3) is 4.71. The van der Waals surface area contributed by atoms with Gasteiger partial charge in [0.2, 0.25) is 0 Å². The number of rotatable bonds is 8. The van der Waals surface area contributed by atoms with Gasteiger partial charge in [0.1, 0.15) is 11.6 Å². The summed E-state index contributed by atoms with van der Waals surface area (Å²) in [6, 6.07) is 6.98. The Bertz CT molecular complexity index is 1210. The van der Waals surface area contributed by atoms with Gasteiger partial charge in [-0.15, -0.1) is 0 Å². The van der Waals surface area contributed by atoms with E-state index in [1.165, 1.54) is 6.08 Å². The van der Waals surface area contributed by atoms with Crippen LogP contribution in [0, 0.1) is 6.92 Å². The van der Waals surface area contributed by atoms with Gasteiger partial charge in [-0.2, -0.15) is 18.2 Å². The topological polar surface area (TPSA) is 118 Å². The predicted molar refractivity (Wildman–Crippen MR) is 115 cm³/mol. The minimum atomic E-state index is -3.90. The van der Waals surface area contributed by atoms with Crippen LogP contribution in [-0.2, 0) is 22.1 Å². The Morgan fingerprint density at radius 3 is 2.80 bits per heavy atom. The van der Waals surface area contributed by atoms with Crippen LogP contribution in [0.15, 0.2) is 36.5 Å². The summed E-state index contributed by atoms with van der Waals surface area (Å²) in [5.74, 6) is 0.0582. The molecule has 0 aliphatic carbocycles. The number of benzene rings is 1. The number of fused-ring (bicyclic) bond motifs is 1. The molecule has 30 heavy (non-hydrogen) atoms. The van der Waals surface area contributed by atoms with Gasteiger partial charge in [0.25, 0.3) is 5.91 Å². The lowest BCUT2D eigenvalue weighted by Crippen LogP contribution is -2.39. The first-order chi connectivity index (χ1) is 14.2. The number of aromatic hydroxyl groups is 1. The lowest BCUT2D eigenvalue weighted by Gasteiger charge is -2.08. The minimum Gasteiger partial charge on any atom is -0.508 e. The van der Waals surface area contributed by atoms with Gasteiger partial charge in [-0.3, -0.25) is 9.48 Å². The van der Waals surface area contributed by atoms with Crippen molar-refractivity contribution in [2.24, 2.45) is 7.05 Å². The van der Waals surface area contributed by atoms with E-state index in [2.05, 4.69) is 9.82 Å². The number of unbranched alkanes of at least 4 members (excludes halogenated alkanes) is 1. The Kier molecular flexibility index (Phi) is 6.28. The quantitative estimate of drug-likeness (QED) is 0.373. The minimum absolute atomic E-state index is 0.138. The van der Waals surface area contributed by atoms with Crippen molar-refractivity contribution in [1.82, 2.24) is 23.8 Å². The van der Waals surface area contributed by atoms with Crippen LogP contribution in [0.4, 0.5) is 0 Å². The van der Waals surface area contributed by atoms with Crippen molar-refractivity contribution < 1.29 is 18.3 Å². The van der Waals surface area contributed by atoms with Gasteiger partial charge in [-0.25, -0.2) is 4.72 Å².